The first-order valence-corrected chi connectivity index (χ1v) is 23.0. The molecule has 3 heteroatoms. The van der Waals surface area contributed by atoms with Gasteiger partial charge >= 0.3 is 0 Å². The number of anilines is 3. The van der Waals surface area contributed by atoms with Gasteiger partial charge in [-0.25, -0.2) is 0 Å². The fourth-order valence-electron chi connectivity index (χ4n) is 10.7. The minimum atomic E-state index is -0.129. The molecule has 2 nitrogen and oxygen atoms in total. The standard InChI is InChI=1S/C61H42N2S/c1-61(2)54-21-11-8-17-47(54)48-31-30-44(38-55(48)61)62(57-34-32-45(46-16-6-7-18-49(46)57)41-27-35-60-53(37-41)51-20-10-13-23-59(51)64-60)43-28-24-39(25-29-43)40-26-33-58-52(36-40)50-19-9-12-22-56(50)63(58)42-14-4-3-5-15-42/h3-38H,1-2H3. The number of fused-ring (bicyclic) bond motifs is 10. The third kappa shape index (κ3) is 5.57. The van der Waals surface area contributed by atoms with Crippen LogP contribution in [0.25, 0.3) is 91.8 Å². The molecule has 0 saturated heterocycles. The van der Waals surface area contributed by atoms with Gasteiger partial charge in [-0.2, -0.15) is 0 Å². The van der Waals surface area contributed by atoms with E-state index in [9.17, 15) is 0 Å². The van der Waals surface area contributed by atoms with E-state index < -0.39 is 0 Å². The Morgan fingerprint density at radius 2 is 0.984 bits per heavy atom. The monoisotopic (exact) mass is 834 g/mol. The maximum atomic E-state index is 2.47. The number of thiophene rings is 1. The Labute approximate surface area is 376 Å². The Balaban J connectivity index is 0.964. The third-order valence-electron chi connectivity index (χ3n) is 13.8. The van der Waals surface area contributed by atoms with Crippen LogP contribution in [0.2, 0.25) is 0 Å². The third-order valence-corrected chi connectivity index (χ3v) is 15.0. The fraction of sp³-hybridized carbons (Fsp3) is 0.0492. The van der Waals surface area contributed by atoms with Crippen LogP contribution in [0.3, 0.4) is 0 Å². The molecule has 0 bridgehead atoms. The van der Waals surface area contributed by atoms with E-state index in [-0.39, 0.29) is 5.41 Å². The molecule has 0 fully saturated rings. The largest absolute Gasteiger partial charge is 0.310 e. The van der Waals surface area contributed by atoms with Crippen LogP contribution < -0.4 is 4.90 Å². The molecule has 0 atom stereocenters. The summed E-state index contributed by atoms with van der Waals surface area (Å²) in [6.07, 6.45) is 0. The van der Waals surface area contributed by atoms with Crippen LogP contribution in [-0.2, 0) is 5.41 Å². The summed E-state index contributed by atoms with van der Waals surface area (Å²) in [5.74, 6) is 0. The van der Waals surface area contributed by atoms with Gasteiger partial charge in [-0.3, -0.25) is 0 Å². The summed E-state index contributed by atoms with van der Waals surface area (Å²) in [7, 11) is 0. The van der Waals surface area contributed by atoms with E-state index in [1.165, 1.54) is 103 Å². The molecular weight excluding hydrogens is 793 g/mol. The van der Waals surface area contributed by atoms with E-state index in [0.717, 1.165) is 17.1 Å². The van der Waals surface area contributed by atoms with Crippen molar-refractivity contribution in [1.29, 1.82) is 0 Å². The summed E-state index contributed by atoms with van der Waals surface area (Å²) >= 11 is 1.87. The highest BCUT2D eigenvalue weighted by atomic mass is 32.1. The number of nitrogens with zero attached hydrogens (tertiary/aromatic N) is 2. The van der Waals surface area contributed by atoms with E-state index in [1.807, 2.05) is 11.3 Å². The predicted molar refractivity (Wildman–Crippen MR) is 274 cm³/mol. The first-order chi connectivity index (χ1) is 31.5. The quantitative estimate of drug-likeness (QED) is 0.162. The van der Waals surface area contributed by atoms with Crippen LogP contribution in [0.4, 0.5) is 17.1 Å². The lowest BCUT2D eigenvalue weighted by atomic mass is 9.82. The Bertz CT molecular complexity index is 3810. The van der Waals surface area contributed by atoms with Crippen molar-refractivity contribution in [3.8, 4) is 39.1 Å². The molecule has 64 heavy (non-hydrogen) atoms. The molecule has 12 aromatic rings. The van der Waals surface area contributed by atoms with Gasteiger partial charge in [-0.05, 0) is 129 Å². The van der Waals surface area contributed by atoms with Crippen molar-refractivity contribution in [2.24, 2.45) is 0 Å². The van der Waals surface area contributed by atoms with Crippen LogP contribution in [0, 0.1) is 0 Å². The fourth-order valence-corrected chi connectivity index (χ4v) is 11.8. The number of para-hydroxylation sites is 2. The van der Waals surface area contributed by atoms with Gasteiger partial charge in [-0.1, -0.05) is 153 Å². The Morgan fingerprint density at radius 1 is 0.375 bits per heavy atom. The van der Waals surface area contributed by atoms with Crippen LogP contribution in [0.5, 0.6) is 0 Å². The Morgan fingerprint density at radius 3 is 1.84 bits per heavy atom. The first kappa shape index (κ1) is 36.9. The second kappa shape index (κ2) is 14.2. The zero-order valence-corrected chi connectivity index (χ0v) is 36.4. The summed E-state index contributed by atoms with van der Waals surface area (Å²) < 4.78 is 5.03. The van der Waals surface area contributed by atoms with Crippen molar-refractivity contribution < 1.29 is 0 Å². The molecule has 0 saturated carbocycles. The number of hydrogen-bond acceptors (Lipinski definition) is 2. The predicted octanol–water partition coefficient (Wildman–Crippen LogP) is 17.4. The number of rotatable bonds is 6. The van der Waals surface area contributed by atoms with Gasteiger partial charge in [0.25, 0.3) is 0 Å². The van der Waals surface area contributed by atoms with Crippen molar-refractivity contribution >= 4 is 81.1 Å². The van der Waals surface area contributed by atoms with Crippen molar-refractivity contribution in [2.45, 2.75) is 19.3 Å². The molecule has 10 aromatic carbocycles. The van der Waals surface area contributed by atoms with Gasteiger partial charge in [0, 0.05) is 58.8 Å². The average Bonchev–Trinajstić information content (AvgIpc) is 3.97. The van der Waals surface area contributed by atoms with Crippen LogP contribution >= 0.6 is 11.3 Å². The minimum absolute atomic E-state index is 0.129. The topological polar surface area (TPSA) is 8.17 Å². The summed E-state index contributed by atoms with van der Waals surface area (Å²) in [6.45, 7) is 4.73. The molecule has 0 spiro atoms. The second-order valence-corrected chi connectivity index (χ2v) is 18.8. The van der Waals surface area contributed by atoms with E-state index in [1.54, 1.807) is 0 Å². The molecular formula is C61H42N2S. The minimum Gasteiger partial charge on any atom is -0.310 e. The van der Waals surface area contributed by atoms with Crippen molar-refractivity contribution in [3.63, 3.8) is 0 Å². The number of benzene rings is 10. The van der Waals surface area contributed by atoms with E-state index >= 15 is 0 Å². The molecule has 0 amide bonds. The molecule has 13 rings (SSSR count). The lowest BCUT2D eigenvalue weighted by molar-refractivity contribution is 0.660. The zero-order valence-electron chi connectivity index (χ0n) is 35.6. The van der Waals surface area contributed by atoms with Gasteiger partial charge < -0.3 is 9.47 Å². The lowest BCUT2D eigenvalue weighted by Crippen LogP contribution is -2.16. The maximum Gasteiger partial charge on any atom is 0.0541 e. The number of hydrogen-bond donors (Lipinski definition) is 0. The van der Waals surface area contributed by atoms with Gasteiger partial charge in [0.15, 0.2) is 0 Å². The molecule has 0 unspecified atom stereocenters. The molecule has 0 aliphatic heterocycles. The molecule has 2 heterocycles. The van der Waals surface area contributed by atoms with E-state index in [2.05, 4.69) is 242 Å². The SMILES string of the molecule is CC1(C)c2ccccc2-c2ccc(N(c3ccc(-c4ccc5c(c4)c4ccccc4n5-c4ccccc4)cc3)c3ccc(-c4ccc5sc6ccccc6c5c4)c4ccccc34)cc21. The van der Waals surface area contributed by atoms with Crippen molar-refractivity contribution in [2.75, 3.05) is 4.90 Å². The zero-order chi connectivity index (χ0) is 42.5. The van der Waals surface area contributed by atoms with Crippen molar-refractivity contribution in [1.82, 2.24) is 4.57 Å². The Kier molecular flexibility index (Phi) is 8.16. The molecule has 2 aromatic heterocycles. The first-order valence-electron chi connectivity index (χ1n) is 22.2. The smallest absolute Gasteiger partial charge is 0.0541 e. The lowest BCUT2D eigenvalue weighted by Gasteiger charge is -2.29. The maximum absolute atomic E-state index is 2.47. The van der Waals surface area contributed by atoms with Crippen LogP contribution in [-0.4, -0.2) is 4.57 Å². The van der Waals surface area contributed by atoms with Crippen molar-refractivity contribution in [3.05, 3.63) is 230 Å². The molecule has 1 aliphatic rings. The van der Waals surface area contributed by atoms with Gasteiger partial charge in [0.2, 0.25) is 0 Å². The Hall–Kier alpha value is -7.72. The molecule has 302 valence electrons. The molecule has 0 radical (unpaired) electrons. The number of aromatic nitrogens is 1. The van der Waals surface area contributed by atoms with Gasteiger partial charge in [0.05, 0.1) is 16.7 Å². The molecule has 1 aliphatic carbocycles. The van der Waals surface area contributed by atoms with E-state index in [0.29, 0.717) is 0 Å². The highest BCUT2D eigenvalue weighted by Crippen LogP contribution is 2.51. The summed E-state index contributed by atoms with van der Waals surface area (Å²) in [6, 6.07) is 80.9. The van der Waals surface area contributed by atoms with Gasteiger partial charge in [0.1, 0.15) is 0 Å². The van der Waals surface area contributed by atoms with E-state index in [4.69, 9.17) is 0 Å². The summed E-state index contributed by atoms with van der Waals surface area (Å²) in [4.78, 5) is 2.47. The van der Waals surface area contributed by atoms with Gasteiger partial charge in [-0.15, -0.1) is 11.3 Å². The highest BCUT2D eigenvalue weighted by molar-refractivity contribution is 7.25. The normalized spacial score (nSPS) is 13.0. The van der Waals surface area contributed by atoms with Crippen LogP contribution in [0.1, 0.15) is 25.0 Å². The second-order valence-electron chi connectivity index (χ2n) is 17.7. The average molecular weight is 835 g/mol. The highest BCUT2D eigenvalue weighted by Gasteiger charge is 2.36. The molecule has 0 N–H and O–H groups in total. The summed E-state index contributed by atoms with van der Waals surface area (Å²) in [5, 5.41) is 7.59. The summed E-state index contributed by atoms with van der Waals surface area (Å²) in [5.41, 5.74) is 17.1. The van der Waals surface area contributed by atoms with Crippen LogP contribution in [0.15, 0.2) is 218 Å².